The maximum absolute atomic E-state index is 13.6. The number of nitrogens with zero attached hydrogens (tertiary/aromatic N) is 5. The highest BCUT2D eigenvalue weighted by Crippen LogP contribution is 2.44. The molecule has 0 aromatic carbocycles. The molecule has 0 bridgehead atoms. The summed E-state index contributed by atoms with van der Waals surface area (Å²) in [5, 5.41) is 11.0. The van der Waals surface area contributed by atoms with Crippen molar-refractivity contribution in [3.63, 3.8) is 0 Å². The Bertz CT molecular complexity index is 1400. The summed E-state index contributed by atoms with van der Waals surface area (Å²) < 4.78 is 43.9. The van der Waals surface area contributed by atoms with Crippen molar-refractivity contribution in [3.8, 4) is 11.1 Å². The number of primary amides is 1. The van der Waals surface area contributed by atoms with Gasteiger partial charge in [-0.1, -0.05) is 0 Å². The van der Waals surface area contributed by atoms with Gasteiger partial charge in [0.1, 0.15) is 15.4 Å². The summed E-state index contributed by atoms with van der Waals surface area (Å²) in [6.45, 7) is 4.08. The fourth-order valence-electron chi connectivity index (χ4n) is 3.50. The van der Waals surface area contributed by atoms with E-state index in [1.807, 2.05) is 6.92 Å². The zero-order valence-electron chi connectivity index (χ0n) is 17.7. The summed E-state index contributed by atoms with van der Waals surface area (Å²) in [7, 11) is 1.63. The van der Waals surface area contributed by atoms with E-state index in [1.54, 1.807) is 18.7 Å². The number of carbonyl (C=O) groups excluding carboxylic acids is 2. The minimum Gasteiger partial charge on any atom is -0.365 e. The van der Waals surface area contributed by atoms with Gasteiger partial charge in [-0.2, -0.15) is 23.4 Å². The van der Waals surface area contributed by atoms with E-state index in [-0.39, 0.29) is 31.9 Å². The van der Waals surface area contributed by atoms with E-state index in [2.05, 4.69) is 20.5 Å². The normalized spacial score (nSPS) is 11.8. The SMILES string of the molecule is CCn1ncc(-c2cc(C(F)(F)F)nc3sc(C(N)=O)c(NC(=O)c4cnn(C)c4)c23)c1C. The zero-order valence-corrected chi connectivity index (χ0v) is 18.5. The molecule has 4 aromatic rings. The molecule has 0 aliphatic rings. The largest absolute Gasteiger partial charge is 0.433 e. The standard InChI is InChI=1S/C20H18F3N7O2S/c1-4-30-9(2)12(7-26-30)11-5-13(20(21,22)23)27-19-14(11)15(16(33-19)17(24)31)28-18(32)10-6-25-29(3)8-10/h5-8H,4H2,1-3H3,(H2,24,31)(H,28,32). The number of fused-ring (bicyclic) bond motifs is 1. The number of rotatable bonds is 5. The van der Waals surface area contributed by atoms with Crippen LogP contribution in [0.25, 0.3) is 21.3 Å². The van der Waals surface area contributed by atoms with Crippen LogP contribution in [-0.2, 0) is 19.8 Å². The van der Waals surface area contributed by atoms with Gasteiger partial charge in [0.25, 0.3) is 11.8 Å². The van der Waals surface area contributed by atoms with Crippen molar-refractivity contribution >= 4 is 39.1 Å². The van der Waals surface area contributed by atoms with Crippen LogP contribution in [0.4, 0.5) is 18.9 Å². The molecule has 0 radical (unpaired) electrons. The lowest BCUT2D eigenvalue weighted by Gasteiger charge is -2.12. The molecule has 0 saturated carbocycles. The molecule has 0 aliphatic heterocycles. The average molecular weight is 477 g/mol. The van der Waals surface area contributed by atoms with Crippen LogP contribution >= 0.6 is 11.3 Å². The maximum Gasteiger partial charge on any atom is 0.433 e. The molecule has 4 aromatic heterocycles. The molecule has 33 heavy (non-hydrogen) atoms. The molecule has 9 nitrogen and oxygen atoms in total. The second-order valence-corrected chi connectivity index (χ2v) is 8.22. The first-order chi connectivity index (χ1) is 15.5. The lowest BCUT2D eigenvalue weighted by Crippen LogP contribution is -2.16. The van der Waals surface area contributed by atoms with Gasteiger partial charge in [-0.25, -0.2) is 4.98 Å². The first kappa shape index (κ1) is 22.5. The molecule has 172 valence electrons. The Kier molecular flexibility index (Phi) is 5.44. The lowest BCUT2D eigenvalue weighted by atomic mass is 10.0. The first-order valence-corrected chi connectivity index (χ1v) is 10.5. The van der Waals surface area contributed by atoms with Gasteiger partial charge in [0.2, 0.25) is 0 Å². The number of carbonyl (C=O) groups is 2. The molecule has 3 N–H and O–H groups in total. The van der Waals surface area contributed by atoms with Gasteiger partial charge in [0.15, 0.2) is 0 Å². The molecule has 13 heteroatoms. The highest BCUT2D eigenvalue weighted by atomic mass is 32.1. The maximum atomic E-state index is 13.6. The third-order valence-electron chi connectivity index (χ3n) is 5.07. The highest BCUT2D eigenvalue weighted by molar-refractivity contribution is 7.21. The number of hydrogen-bond acceptors (Lipinski definition) is 6. The Hall–Kier alpha value is -3.74. The van der Waals surface area contributed by atoms with E-state index in [0.717, 1.165) is 6.07 Å². The molecule has 0 aliphatic carbocycles. The number of thiophene rings is 1. The quantitative estimate of drug-likeness (QED) is 0.455. The minimum atomic E-state index is -4.73. The number of anilines is 1. The molecule has 0 unspecified atom stereocenters. The van der Waals surface area contributed by atoms with Gasteiger partial charge >= 0.3 is 6.18 Å². The summed E-state index contributed by atoms with van der Waals surface area (Å²) in [5.74, 6) is -1.50. The summed E-state index contributed by atoms with van der Waals surface area (Å²) in [4.78, 5) is 28.5. The van der Waals surface area contributed by atoms with Crippen LogP contribution in [-0.4, -0.2) is 36.4 Å². The topological polar surface area (TPSA) is 121 Å². The van der Waals surface area contributed by atoms with E-state index in [1.165, 1.54) is 23.3 Å². The zero-order chi connectivity index (χ0) is 24.1. The lowest BCUT2D eigenvalue weighted by molar-refractivity contribution is -0.140. The van der Waals surface area contributed by atoms with Crippen molar-refractivity contribution in [1.29, 1.82) is 0 Å². The molecule has 0 saturated heterocycles. The average Bonchev–Trinajstić information content (AvgIpc) is 3.43. The Labute approximate surface area is 189 Å². The van der Waals surface area contributed by atoms with Crippen LogP contribution < -0.4 is 11.1 Å². The minimum absolute atomic E-state index is 0.00349. The molecular weight excluding hydrogens is 459 g/mol. The number of hydrogen-bond donors (Lipinski definition) is 2. The number of halogens is 3. The number of aryl methyl sites for hydroxylation is 2. The third kappa shape index (κ3) is 3.95. The van der Waals surface area contributed by atoms with Gasteiger partial charge in [0.05, 0.1) is 23.6 Å². The molecule has 0 atom stereocenters. The number of nitrogens with two attached hydrogens (primary N) is 1. The van der Waals surface area contributed by atoms with Crippen LogP contribution in [0.5, 0.6) is 0 Å². The van der Waals surface area contributed by atoms with E-state index >= 15 is 0 Å². The summed E-state index contributed by atoms with van der Waals surface area (Å²) in [6, 6.07) is 0.892. The number of alkyl halides is 3. The molecular formula is C20H18F3N7O2S. The monoisotopic (exact) mass is 477 g/mol. The third-order valence-corrected chi connectivity index (χ3v) is 6.17. The van der Waals surface area contributed by atoms with Crippen molar-refractivity contribution in [2.45, 2.75) is 26.6 Å². The van der Waals surface area contributed by atoms with Crippen molar-refractivity contribution in [3.05, 3.63) is 46.5 Å². The number of nitrogens with one attached hydrogen (secondary N) is 1. The van der Waals surface area contributed by atoms with E-state index in [0.29, 0.717) is 29.1 Å². The number of amides is 2. The van der Waals surface area contributed by atoms with Crippen LogP contribution in [0.1, 0.15) is 38.3 Å². The molecule has 0 fully saturated rings. The smallest absolute Gasteiger partial charge is 0.365 e. The van der Waals surface area contributed by atoms with Crippen molar-refractivity contribution in [2.75, 3.05) is 5.32 Å². The Morgan fingerprint density at radius 1 is 1.21 bits per heavy atom. The Morgan fingerprint density at radius 3 is 2.48 bits per heavy atom. The fraction of sp³-hybridized carbons (Fsp3) is 0.250. The van der Waals surface area contributed by atoms with E-state index in [9.17, 15) is 22.8 Å². The first-order valence-electron chi connectivity index (χ1n) is 9.68. The van der Waals surface area contributed by atoms with Gasteiger partial charge < -0.3 is 11.1 Å². The van der Waals surface area contributed by atoms with Crippen molar-refractivity contribution in [1.82, 2.24) is 24.5 Å². The summed E-state index contributed by atoms with van der Waals surface area (Å²) in [6.07, 6.45) is -0.496. The van der Waals surface area contributed by atoms with Gasteiger partial charge in [0, 0.05) is 36.4 Å². The predicted molar refractivity (Wildman–Crippen MR) is 116 cm³/mol. The number of aromatic nitrogens is 5. The van der Waals surface area contributed by atoms with Crippen molar-refractivity contribution in [2.24, 2.45) is 12.8 Å². The Balaban J connectivity index is 2.01. The van der Waals surface area contributed by atoms with Gasteiger partial charge in [-0.3, -0.25) is 19.0 Å². The second-order valence-electron chi connectivity index (χ2n) is 7.22. The molecule has 4 heterocycles. The molecule has 0 spiro atoms. The fourth-order valence-corrected chi connectivity index (χ4v) is 4.51. The van der Waals surface area contributed by atoms with Crippen molar-refractivity contribution < 1.29 is 22.8 Å². The number of pyridine rings is 1. The van der Waals surface area contributed by atoms with Gasteiger partial charge in [-0.05, 0) is 25.5 Å². The van der Waals surface area contributed by atoms with E-state index in [4.69, 9.17) is 5.73 Å². The summed E-state index contributed by atoms with van der Waals surface area (Å²) in [5.41, 5.74) is 5.74. The van der Waals surface area contributed by atoms with E-state index < -0.39 is 23.7 Å². The molecule has 4 rings (SSSR count). The van der Waals surface area contributed by atoms with Crippen LogP contribution in [0.2, 0.25) is 0 Å². The predicted octanol–water partition coefficient (Wildman–Crippen LogP) is 3.59. The molecule has 2 amide bonds. The van der Waals surface area contributed by atoms with Crippen LogP contribution in [0.3, 0.4) is 0 Å². The van der Waals surface area contributed by atoms with Gasteiger partial charge in [-0.15, -0.1) is 11.3 Å². The van der Waals surface area contributed by atoms with Crippen LogP contribution in [0, 0.1) is 6.92 Å². The second kappa shape index (κ2) is 7.99. The Morgan fingerprint density at radius 2 is 1.94 bits per heavy atom. The highest BCUT2D eigenvalue weighted by Gasteiger charge is 2.35. The van der Waals surface area contributed by atoms with Crippen LogP contribution in [0.15, 0.2) is 24.7 Å². The summed E-state index contributed by atoms with van der Waals surface area (Å²) >= 11 is 0.683.